The highest BCUT2D eigenvalue weighted by molar-refractivity contribution is 6.02. The normalized spacial score (nSPS) is 18.5. The van der Waals surface area contributed by atoms with Gasteiger partial charge in [-0.2, -0.15) is 0 Å². The van der Waals surface area contributed by atoms with E-state index in [2.05, 4.69) is 44.6 Å². The number of β-amino-alcohol motifs (C(OH)–C–C–N with tert-alkyl or cyclic N) is 1. The Balaban J connectivity index is 0.000000239. The molecule has 4 aliphatic heterocycles. The third-order valence-corrected chi connectivity index (χ3v) is 26.2. The molecule has 0 spiro atoms. The van der Waals surface area contributed by atoms with E-state index in [1.54, 1.807) is 68.4 Å². The molecule has 0 radical (unpaired) electrons. The summed E-state index contributed by atoms with van der Waals surface area (Å²) < 4.78 is 52.7. The molecular formula is C112H148F4N6O10. The van der Waals surface area contributed by atoms with Gasteiger partial charge in [-0.25, -0.2) is 22.4 Å². The van der Waals surface area contributed by atoms with E-state index in [-0.39, 0.29) is 97.0 Å². The number of carbonyl (C=O) groups is 9. The molecule has 16 nitrogen and oxygen atoms in total. The van der Waals surface area contributed by atoms with Crippen molar-refractivity contribution < 1.29 is 65.8 Å². The molecule has 714 valence electrons. The number of halogens is 4. The number of ketones is 8. The number of hydrogen-bond donors (Lipinski definition) is 4. The lowest BCUT2D eigenvalue weighted by Gasteiger charge is -2.40. The van der Waals surface area contributed by atoms with Gasteiger partial charge in [-0.3, -0.25) is 43.3 Å². The lowest BCUT2D eigenvalue weighted by Crippen LogP contribution is -2.44. The van der Waals surface area contributed by atoms with Crippen LogP contribution >= 0.6 is 0 Å². The average Bonchev–Trinajstić information content (AvgIpc) is 0.847. The molecule has 4 aliphatic rings. The van der Waals surface area contributed by atoms with Crippen molar-refractivity contribution in [2.45, 2.75) is 273 Å². The standard InChI is InChI=1S/C29H38FNO2.C28H36FNO3.C27H34FNO2.C26H32FN3O3.2CH4/c1-3-16-31-17-15-25(18-23-11-13-27(30)14-12-23)20-28(31)9-4-5-10-29(33)21-24-7-6-8-26(19-24)22(2)32;1-21(32)25-6-4-5-23(18-25)20-28(33)8-3-2-7-27-19-24(13-14-30(27)15-16-31)17-22-9-11-26(29)12-10-22;1-20(30)24-7-5-6-22(17-24)19-27(31)9-4-3-8-26-18-23(14-15-29(26)2)16-21-10-12-25(28)13-11-21;1-17(31)21-14-22(18(2)32)16-25(15-21)30-26(33)29-10-3-4-24-13-20(9-11-28-24)12-19-5-7-23(27)8-6-19;;/h6-8,11-14,19,25,28H,3-5,9-10,15-18,20-21H2,1-2H3;4-6,9-12,18,24,27,31H,2-3,7-8,13-17,19-20H2,1H3;5-7,10-13,17,23,26H,3-4,8-9,14-16,18-19H2,1-2H3;5-8,14-16,20,24,28H,3-4,9-13H2,1-2H3,(H2,29,30,33);2*1H4/t25-,28-;24-,27-;23-,26-;20-,24-;;/m0000../s1. The predicted octanol–water partition coefficient (Wildman–Crippen LogP) is 23.1. The smallest absolute Gasteiger partial charge is 0.319 e. The molecule has 0 bridgehead atoms. The van der Waals surface area contributed by atoms with Crippen molar-refractivity contribution >= 4 is 58.0 Å². The van der Waals surface area contributed by atoms with E-state index in [0.717, 1.165) is 178 Å². The van der Waals surface area contributed by atoms with Gasteiger partial charge in [0.25, 0.3) is 0 Å². The monoisotopic (exact) mass is 1810 g/mol. The van der Waals surface area contributed by atoms with E-state index < -0.39 is 0 Å². The summed E-state index contributed by atoms with van der Waals surface area (Å²) in [6, 6.07) is 55.8. The van der Waals surface area contributed by atoms with Gasteiger partial charge in [-0.15, -0.1) is 0 Å². The van der Waals surface area contributed by atoms with Crippen LogP contribution in [0.3, 0.4) is 0 Å². The van der Waals surface area contributed by atoms with Gasteiger partial charge in [-0.05, 0) is 357 Å². The third kappa shape index (κ3) is 39.6. The molecule has 2 amide bonds. The summed E-state index contributed by atoms with van der Waals surface area (Å²) in [4.78, 5) is 115. The minimum absolute atomic E-state index is 0. The van der Waals surface area contributed by atoms with Crippen LogP contribution in [0, 0.1) is 46.9 Å². The topological polar surface area (TPSA) is 220 Å². The number of unbranched alkanes of at least 4 members (excludes halogenated alkanes) is 3. The van der Waals surface area contributed by atoms with Gasteiger partial charge in [-0.1, -0.05) is 144 Å². The molecule has 132 heavy (non-hydrogen) atoms. The highest BCUT2D eigenvalue weighted by Crippen LogP contribution is 2.34. The average molecular weight is 1810 g/mol. The highest BCUT2D eigenvalue weighted by Gasteiger charge is 2.32. The van der Waals surface area contributed by atoms with E-state index in [1.807, 2.05) is 103 Å². The molecule has 4 N–H and O–H groups in total. The Morgan fingerprint density at radius 2 is 0.735 bits per heavy atom. The van der Waals surface area contributed by atoms with Crippen LogP contribution in [-0.4, -0.2) is 156 Å². The summed E-state index contributed by atoms with van der Waals surface area (Å²) >= 11 is 0. The summed E-state index contributed by atoms with van der Waals surface area (Å²) in [7, 11) is 2.20. The lowest BCUT2D eigenvalue weighted by atomic mass is 9.84. The molecule has 4 saturated heterocycles. The molecular weight excluding hydrogens is 1670 g/mol. The van der Waals surface area contributed by atoms with Crippen molar-refractivity contribution in [3.63, 3.8) is 0 Å². The van der Waals surface area contributed by atoms with E-state index in [9.17, 15) is 65.8 Å². The SMILES string of the molecule is C.C.CC(=O)c1cc(NC(=O)NCCC[C@H]2C[C@H](Cc3ccc(F)cc3)CCN2)cc(C(C)=O)c1.CC(=O)c1cccc(CC(=O)CCCC[C@H]2C[C@H](Cc3ccc(F)cc3)CCN2C)c1.CC(=O)c1cccc(CC(=O)CCCC[C@H]2C[C@H](Cc3ccc(F)cc3)CCN2CCO)c1.CCCN1CC[C@@H](Cc2ccc(F)cc2)C[C@@H]1CCCCC(=O)Cc1cccc(C(C)=O)c1. The Hall–Kier alpha value is -10.1. The molecule has 8 aromatic rings. The number of aliphatic hydroxyl groups is 1. The number of anilines is 1. The quantitative estimate of drug-likeness (QED) is 0.0159. The number of benzene rings is 8. The van der Waals surface area contributed by atoms with Crippen LogP contribution in [0.4, 0.5) is 28.0 Å². The first-order valence-corrected chi connectivity index (χ1v) is 47.7. The number of amides is 2. The maximum atomic E-state index is 13.2. The molecule has 8 atom stereocenters. The van der Waals surface area contributed by atoms with Crippen molar-refractivity contribution in [1.82, 2.24) is 25.3 Å². The molecule has 0 unspecified atom stereocenters. The molecule has 12 rings (SSSR count). The van der Waals surface area contributed by atoms with Crippen molar-refractivity contribution in [2.24, 2.45) is 23.7 Å². The molecule has 4 fully saturated rings. The molecule has 4 heterocycles. The Bertz CT molecular complexity index is 4730. The van der Waals surface area contributed by atoms with E-state index in [4.69, 9.17) is 0 Å². The highest BCUT2D eigenvalue weighted by atomic mass is 19.1. The number of nitrogens with one attached hydrogen (secondary N) is 3. The first-order chi connectivity index (χ1) is 62.6. The Kier molecular flexibility index (Phi) is 48.0. The maximum Gasteiger partial charge on any atom is 0.319 e. The van der Waals surface area contributed by atoms with Crippen LogP contribution in [0.15, 0.2) is 188 Å². The Labute approximate surface area is 784 Å². The van der Waals surface area contributed by atoms with Crippen LogP contribution in [-0.2, 0) is 59.3 Å². The zero-order valence-electron chi connectivity index (χ0n) is 77.9. The van der Waals surface area contributed by atoms with E-state index >= 15 is 0 Å². The molecule has 20 heteroatoms. The van der Waals surface area contributed by atoms with Gasteiger partial charge in [0.15, 0.2) is 28.9 Å². The molecule has 8 aromatic carbocycles. The van der Waals surface area contributed by atoms with Crippen LogP contribution < -0.4 is 16.0 Å². The second-order valence-corrected chi connectivity index (χ2v) is 36.9. The van der Waals surface area contributed by atoms with Gasteiger partial charge in [0, 0.05) is 109 Å². The van der Waals surface area contributed by atoms with Crippen molar-refractivity contribution in [3.8, 4) is 0 Å². The van der Waals surface area contributed by atoms with Gasteiger partial charge < -0.3 is 30.9 Å². The van der Waals surface area contributed by atoms with E-state index in [1.165, 1.54) is 99.0 Å². The number of carbonyl (C=O) groups excluding carboxylic acids is 9. The second kappa shape index (κ2) is 58.1. The fourth-order valence-corrected chi connectivity index (χ4v) is 19.0. The number of rotatable bonds is 43. The van der Waals surface area contributed by atoms with E-state index in [0.29, 0.717) is 133 Å². The van der Waals surface area contributed by atoms with Crippen LogP contribution in [0.1, 0.15) is 295 Å². The second-order valence-electron chi connectivity index (χ2n) is 36.9. The zero-order valence-corrected chi connectivity index (χ0v) is 77.9. The fourth-order valence-electron chi connectivity index (χ4n) is 19.0. The van der Waals surface area contributed by atoms with Crippen molar-refractivity contribution in [1.29, 1.82) is 0 Å². The van der Waals surface area contributed by atoms with Gasteiger partial charge >= 0.3 is 6.03 Å². The Morgan fingerprint density at radius 1 is 0.386 bits per heavy atom. The number of likely N-dealkylation sites (tertiary alicyclic amines) is 3. The van der Waals surface area contributed by atoms with Crippen LogP contribution in [0.25, 0.3) is 0 Å². The predicted molar refractivity (Wildman–Crippen MR) is 525 cm³/mol. The molecule has 0 aliphatic carbocycles. The largest absolute Gasteiger partial charge is 0.395 e. The zero-order chi connectivity index (χ0) is 93.3. The number of urea groups is 1. The van der Waals surface area contributed by atoms with Gasteiger partial charge in [0.2, 0.25) is 0 Å². The summed E-state index contributed by atoms with van der Waals surface area (Å²) in [5.41, 5.74) is 10.7. The lowest BCUT2D eigenvalue weighted by molar-refractivity contribution is -0.119. The van der Waals surface area contributed by atoms with Crippen LogP contribution in [0.2, 0.25) is 0 Å². The number of nitrogens with zero attached hydrogens (tertiary/aromatic N) is 3. The van der Waals surface area contributed by atoms with Crippen LogP contribution in [0.5, 0.6) is 0 Å². The third-order valence-electron chi connectivity index (χ3n) is 26.2. The summed E-state index contributed by atoms with van der Waals surface area (Å²) in [6.45, 7) is 16.4. The first-order valence-electron chi connectivity index (χ1n) is 47.7. The van der Waals surface area contributed by atoms with Crippen molar-refractivity contribution in [3.05, 3.63) is 278 Å². The summed E-state index contributed by atoms with van der Waals surface area (Å²) in [5, 5.41) is 18.6. The Morgan fingerprint density at radius 3 is 1.10 bits per heavy atom. The number of aliphatic hydroxyl groups excluding tert-OH is 1. The minimum atomic E-state index is -0.365. The maximum absolute atomic E-state index is 13.2. The first kappa shape index (κ1) is 109. The minimum Gasteiger partial charge on any atom is -0.395 e. The fraction of sp³-hybridized carbons (Fsp3) is 0.491. The van der Waals surface area contributed by atoms with Gasteiger partial charge in [0.05, 0.1) is 6.61 Å². The van der Waals surface area contributed by atoms with Gasteiger partial charge in [0.1, 0.15) is 40.6 Å². The number of hydrogen-bond acceptors (Lipinski definition) is 14. The van der Waals surface area contributed by atoms with Crippen molar-refractivity contribution in [2.75, 3.05) is 64.8 Å². The summed E-state index contributed by atoms with van der Waals surface area (Å²) in [6.07, 6.45) is 28.0. The number of piperidine rings is 4. The molecule has 0 saturated carbocycles. The number of Topliss-reactive ketones (excluding diaryl/α,β-unsaturated/α-hetero) is 8. The molecule has 0 aromatic heterocycles. The summed E-state index contributed by atoms with van der Waals surface area (Å²) in [5.74, 6) is 2.11.